The van der Waals surface area contributed by atoms with Gasteiger partial charge in [0.2, 0.25) is 0 Å². The first-order valence-electron chi connectivity index (χ1n) is 8.94. The smallest absolute Gasteiger partial charge is 0.191 e. The lowest BCUT2D eigenvalue weighted by Crippen LogP contribution is -2.42. The minimum atomic E-state index is 0. The molecule has 7 heteroatoms. The van der Waals surface area contributed by atoms with Gasteiger partial charge in [0.1, 0.15) is 5.76 Å². The highest BCUT2D eigenvalue weighted by Gasteiger charge is 2.07. The van der Waals surface area contributed by atoms with Crippen molar-refractivity contribution in [2.24, 2.45) is 4.99 Å². The molecule has 27 heavy (non-hydrogen) atoms. The van der Waals surface area contributed by atoms with Crippen molar-refractivity contribution in [2.75, 3.05) is 20.8 Å². The average Bonchev–Trinajstić information content (AvgIpc) is 3.18. The number of hydrogen-bond acceptors (Lipinski definition) is 4. The summed E-state index contributed by atoms with van der Waals surface area (Å²) in [4.78, 5) is 4.70. The second-order valence-corrected chi connectivity index (χ2v) is 6.06. The summed E-state index contributed by atoms with van der Waals surface area (Å²) in [6.07, 6.45) is 3.53. The van der Waals surface area contributed by atoms with Gasteiger partial charge in [-0.15, -0.1) is 24.0 Å². The number of halogens is 1. The molecule has 0 saturated heterocycles. The van der Waals surface area contributed by atoms with Gasteiger partial charge in [-0.05, 0) is 43.2 Å². The van der Waals surface area contributed by atoms with Gasteiger partial charge in [-0.2, -0.15) is 0 Å². The van der Waals surface area contributed by atoms with E-state index in [0.717, 1.165) is 42.4 Å². The maximum absolute atomic E-state index is 5.37. The summed E-state index contributed by atoms with van der Waals surface area (Å²) in [5.74, 6) is 3.18. The van der Waals surface area contributed by atoms with E-state index < -0.39 is 0 Å². The third-order valence-corrected chi connectivity index (χ3v) is 4.11. The summed E-state index contributed by atoms with van der Waals surface area (Å²) in [6.45, 7) is 5.58. The van der Waals surface area contributed by atoms with Crippen molar-refractivity contribution in [3.05, 3.63) is 47.9 Å². The van der Waals surface area contributed by atoms with Crippen molar-refractivity contribution in [1.29, 1.82) is 0 Å². The Bertz CT molecular complexity index is 690. The van der Waals surface area contributed by atoms with E-state index in [1.807, 2.05) is 30.3 Å². The Morgan fingerprint density at radius 3 is 2.59 bits per heavy atom. The van der Waals surface area contributed by atoms with Crippen LogP contribution in [0, 0.1) is 0 Å². The lowest BCUT2D eigenvalue weighted by molar-refractivity contribution is 0.354. The molecule has 1 atom stereocenters. The number of hydrogen-bond donors (Lipinski definition) is 2. The van der Waals surface area contributed by atoms with Gasteiger partial charge in [0, 0.05) is 19.0 Å². The van der Waals surface area contributed by atoms with Crippen LogP contribution in [0.4, 0.5) is 0 Å². The van der Waals surface area contributed by atoms with Crippen molar-refractivity contribution < 1.29 is 13.9 Å². The first kappa shape index (κ1) is 23.1. The zero-order valence-electron chi connectivity index (χ0n) is 16.5. The molecule has 0 amide bonds. The maximum Gasteiger partial charge on any atom is 0.191 e. The monoisotopic (exact) mass is 487 g/mol. The van der Waals surface area contributed by atoms with Crippen LogP contribution >= 0.6 is 24.0 Å². The van der Waals surface area contributed by atoms with Crippen LogP contribution in [0.1, 0.15) is 31.6 Å². The molecule has 1 aromatic carbocycles. The predicted molar refractivity (Wildman–Crippen MR) is 119 cm³/mol. The molecule has 0 aliphatic rings. The first-order valence-corrected chi connectivity index (χ1v) is 8.94. The summed E-state index contributed by atoms with van der Waals surface area (Å²) in [7, 11) is 3.27. The third kappa shape index (κ3) is 7.70. The molecule has 2 N–H and O–H groups in total. The Balaban J connectivity index is 0.00000364. The molecule has 2 aromatic rings. The summed E-state index contributed by atoms with van der Waals surface area (Å²) in [5.41, 5.74) is 1.05. The molecule has 1 heterocycles. The van der Waals surface area contributed by atoms with Crippen molar-refractivity contribution in [3.63, 3.8) is 0 Å². The van der Waals surface area contributed by atoms with Crippen LogP contribution in [0.25, 0.3) is 0 Å². The molecule has 150 valence electrons. The molecule has 0 aliphatic heterocycles. The van der Waals surface area contributed by atoms with Crippen LogP contribution in [-0.4, -0.2) is 32.8 Å². The van der Waals surface area contributed by atoms with E-state index in [1.165, 1.54) is 0 Å². The van der Waals surface area contributed by atoms with Crippen LogP contribution in [0.15, 0.2) is 46.0 Å². The molecule has 1 aromatic heterocycles. The SMILES string of the molecule is CCC(C)NC(=NCc1ccc(OC)c(OC)c1)NCCc1ccco1.I. The Hall–Kier alpha value is -1.90. The fourth-order valence-electron chi connectivity index (χ4n) is 2.40. The number of nitrogens with zero attached hydrogens (tertiary/aromatic N) is 1. The van der Waals surface area contributed by atoms with Crippen LogP contribution in [-0.2, 0) is 13.0 Å². The number of rotatable bonds is 9. The van der Waals surface area contributed by atoms with Gasteiger partial charge in [-0.1, -0.05) is 13.0 Å². The highest BCUT2D eigenvalue weighted by molar-refractivity contribution is 14.0. The van der Waals surface area contributed by atoms with E-state index in [9.17, 15) is 0 Å². The van der Waals surface area contributed by atoms with Crippen LogP contribution in [0.2, 0.25) is 0 Å². The minimum Gasteiger partial charge on any atom is -0.493 e. The molecular formula is C20H30IN3O3. The number of methoxy groups -OCH3 is 2. The summed E-state index contributed by atoms with van der Waals surface area (Å²) in [6, 6.07) is 10.1. The number of nitrogens with one attached hydrogen (secondary N) is 2. The Morgan fingerprint density at radius 1 is 1.19 bits per heavy atom. The highest BCUT2D eigenvalue weighted by Crippen LogP contribution is 2.27. The van der Waals surface area contributed by atoms with E-state index >= 15 is 0 Å². The summed E-state index contributed by atoms with van der Waals surface area (Å²) < 4.78 is 16.0. The molecule has 0 aliphatic carbocycles. The molecule has 0 fully saturated rings. The second-order valence-electron chi connectivity index (χ2n) is 6.06. The molecule has 0 radical (unpaired) electrons. The molecule has 2 rings (SSSR count). The molecule has 0 saturated carbocycles. The molecule has 6 nitrogen and oxygen atoms in total. The lowest BCUT2D eigenvalue weighted by Gasteiger charge is -2.17. The zero-order valence-corrected chi connectivity index (χ0v) is 18.8. The van der Waals surface area contributed by atoms with Crippen molar-refractivity contribution in [3.8, 4) is 11.5 Å². The quantitative estimate of drug-likeness (QED) is 0.318. The fraction of sp³-hybridized carbons (Fsp3) is 0.450. The van der Waals surface area contributed by atoms with Gasteiger partial charge in [0.25, 0.3) is 0 Å². The van der Waals surface area contributed by atoms with Gasteiger partial charge in [0.15, 0.2) is 17.5 Å². The molecule has 0 spiro atoms. The number of aliphatic imine (C=N–C) groups is 1. The van der Waals surface area contributed by atoms with E-state index in [2.05, 4.69) is 24.5 Å². The number of furan rings is 1. The van der Waals surface area contributed by atoms with Gasteiger partial charge < -0.3 is 24.5 Å². The fourth-order valence-corrected chi connectivity index (χ4v) is 2.40. The summed E-state index contributed by atoms with van der Waals surface area (Å²) >= 11 is 0. The van der Waals surface area contributed by atoms with E-state index in [-0.39, 0.29) is 24.0 Å². The van der Waals surface area contributed by atoms with Gasteiger partial charge in [0.05, 0.1) is 27.0 Å². The Kier molecular flexibility index (Phi) is 10.7. The van der Waals surface area contributed by atoms with Gasteiger partial charge >= 0.3 is 0 Å². The third-order valence-electron chi connectivity index (χ3n) is 4.11. The second kappa shape index (κ2) is 12.5. The van der Waals surface area contributed by atoms with Gasteiger partial charge in [-0.3, -0.25) is 0 Å². The normalized spacial score (nSPS) is 12.1. The number of guanidine groups is 1. The van der Waals surface area contributed by atoms with Crippen molar-refractivity contribution in [1.82, 2.24) is 10.6 Å². The topological polar surface area (TPSA) is 68.0 Å². The standard InChI is InChI=1S/C20H29N3O3.HI/c1-5-15(2)23-20(21-11-10-17-7-6-12-26-17)22-14-16-8-9-18(24-3)19(13-16)25-4;/h6-9,12-13,15H,5,10-11,14H2,1-4H3,(H2,21,22,23);1H. The van der Waals surface area contributed by atoms with E-state index in [4.69, 9.17) is 18.9 Å². The first-order chi connectivity index (χ1) is 12.7. The number of ether oxygens (including phenoxy) is 2. The van der Waals surface area contributed by atoms with Gasteiger partial charge in [-0.25, -0.2) is 4.99 Å². The Labute approximate surface area is 178 Å². The molecule has 1 unspecified atom stereocenters. The largest absolute Gasteiger partial charge is 0.493 e. The molecular weight excluding hydrogens is 457 g/mol. The minimum absolute atomic E-state index is 0. The van der Waals surface area contributed by atoms with Crippen LogP contribution in [0.3, 0.4) is 0 Å². The van der Waals surface area contributed by atoms with E-state index in [1.54, 1.807) is 20.5 Å². The highest BCUT2D eigenvalue weighted by atomic mass is 127. The summed E-state index contributed by atoms with van der Waals surface area (Å²) in [5, 5.41) is 6.79. The Morgan fingerprint density at radius 2 is 1.96 bits per heavy atom. The van der Waals surface area contributed by atoms with Crippen LogP contribution < -0.4 is 20.1 Å². The van der Waals surface area contributed by atoms with E-state index in [0.29, 0.717) is 18.3 Å². The van der Waals surface area contributed by atoms with Crippen molar-refractivity contribution in [2.45, 2.75) is 39.3 Å². The maximum atomic E-state index is 5.37. The van der Waals surface area contributed by atoms with Crippen LogP contribution in [0.5, 0.6) is 11.5 Å². The lowest BCUT2D eigenvalue weighted by atomic mass is 10.2. The zero-order chi connectivity index (χ0) is 18.8. The molecule has 0 bridgehead atoms. The number of benzene rings is 1. The predicted octanol–water partition coefficient (Wildman–Crippen LogP) is 3.99. The average molecular weight is 487 g/mol. The van der Waals surface area contributed by atoms with Crippen molar-refractivity contribution >= 4 is 29.9 Å².